The Labute approximate surface area is 244 Å². The lowest BCUT2D eigenvalue weighted by Gasteiger charge is -2.38. The molecule has 1 heterocycles. The largest absolute Gasteiger partial charge is 0.497 e. The molecule has 4 rings (SSSR count). The summed E-state index contributed by atoms with van der Waals surface area (Å²) in [5.41, 5.74) is 2.98. The Kier molecular flexibility index (Phi) is 10.8. The number of rotatable bonds is 12. The number of nitrogens with zero attached hydrogens (tertiary/aromatic N) is 1. The molecular formula is C32H37F3N2O5. The molecule has 226 valence electrons. The minimum Gasteiger partial charge on any atom is -0.497 e. The fraction of sp³-hybridized carbons (Fsp3) is 0.406. The van der Waals surface area contributed by atoms with Crippen LogP contribution >= 0.6 is 0 Å². The Morgan fingerprint density at radius 2 is 1.69 bits per heavy atom. The summed E-state index contributed by atoms with van der Waals surface area (Å²) < 4.78 is 57.6. The van der Waals surface area contributed by atoms with Crippen LogP contribution in [0.5, 0.6) is 11.5 Å². The molecule has 3 aromatic carbocycles. The number of amides is 1. The van der Waals surface area contributed by atoms with Gasteiger partial charge in [-0.25, -0.2) is 0 Å². The fourth-order valence-corrected chi connectivity index (χ4v) is 5.36. The maximum absolute atomic E-state index is 13.9. The molecule has 0 aliphatic carbocycles. The molecule has 1 aliphatic heterocycles. The van der Waals surface area contributed by atoms with Crippen molar-refractivity contribution < 1.29 is 37.3 Å². The van der Waals surface area contributed by atoms with Gasteiger partial charge in [0.25, 0.3) is 0 Å². The maximum Gasteiger partial charge on any atom is 0.406 e. The zero-order valence-electron chi connectivity index (χ0n) is 23.8. The van der Waals surface area contributed by atoms with Crippen LogP contribution in [0, 0.1) is 5.92 Å². The van der Waals surface area contributed by atoms with Crippen LogP contribution in [0.2, 0.25) is 0 Å². The van der Waals surface area contributed by atoms with E-state index in [2.05, 4.69) is 5.32 Å². The molecule has 1 saturated heterocycles. The number of methoxy groups -OCH3 is 2. The van der Waals surface area contributed by atoms with Crippen LogP contribution in [0.4, 0.5) is 13.2 Å². The first-order valence-corrected chi connectivity index (χ1v) is 13.9. The number of β-amino-alcohol motifs (C(OH)–C–C–N with tert-alkyl or cyclic N) is 1. The molecule has 7 nitrogen and oxygen atoms in total. The van der Waals surface area contributed by atoms with E-state index in [0.717, 1.165) is 16.0 Å². The summed E-state index contributed by atoms with van der Waals surface area (Å²) >= 11 is 0. The molecule has 0 radical (unpaired) electrons. The van der Waals surface area contributed by atoms with E-state index in [4.69, 9.17) is 14.2 Å². The molecule has 3 aromatic rings. The van der Waals surface area contributed by atoms with E-state index in [9.17, 15) is 23.1 Å². The van der Waals surface area contributed by atoms with Gasteiger partial charge in [-0.1, -0.05) is 54.6 Å². The Morgan fingerprint density at radius 3 is 2.40 bits per heavy atom. The first kappa shape index (κ1) is 31.3. The Bertz CT molecular complexity index is 1300. The predicted octanol–water partition coefficient (Wildman–Crippen LogP) is 5.03. The molecule has 3 atom stereocenters. The predicted molar refractivity (Wildman–Crippen MR) is 153 cm³/mol. The third-order valence-corrected chi connectivity index (χ3v) is 7.25. The number of halogens is 3. The molecule has 42 heavy (non-hydrogen) atoms. The van der Waals surface area contributed by atoms with E-state index >= 15 is 0 Å². The SMILES string of the molecule is COCCCOc1cc(CN(CC(F)(F)F)C(=O)[C@H]2CNC[C@@H](O)[C@@H]2c2cccc(-c3ccccc3)c2)cc(OC)c1. The van der Waals surface area contributed by atoms with E-state index in [1.807, 2.05) is 54.6 Å². The summed E-state index contributed by atoms with van der Waals surface area (Å²) in [5, 5.41) is 14.1. The highest BCUT2D eigenvalue weighted by atomic mass is 19.4. The van der Waals surface area contributed by atoms with Crippen molar-refractivity contribution in [1.82, 2.24) is 10.2 Å². The van der Waals surface area contributed by atoms with Crippen LogP contribution in [0.1, 0.15) is 23.5 Å². The van der Waals surface area contributed by atoms with Crippen LogP contribution in [0.15, 0.2) is 72.8 Å². The highest BCUT2D eigenvalue weighted by Crippen LogP contribution is 2.35. The van der Waals surface area contributed by atoms with Crippen molar-refractivity contribution in [1.29, 1.82) is 0 Å². The van der Waals surface area contributed by atoms with Crippen molar-refractivity contribution in [3.05, 3.63) is 83.9 Å². The molecule has 1 fully saturated rings. The lowest BCUT2D eigenvalue weighted by atomic mass is 9.77. The Morgan fingerprint density at radius 1 is 0.952 bits per heavy atom. The normalized spacial score (nSPS) is 18.9. The summed E-state index contributed by atoms with van der Waals surface area (Å²) in [6, 6.07) is 22.0. The van der Waals surface area contributed by atoms with Crippen molar-refractivity contribution in [2.45, 2.75) is 31.2 Å². The van der Waals surface area contributed by atoms with Gasteiger partial charge in [0.2, 0.25) is 5.91 Å². The number of aliphatic hydroxyl groups is 1. The lowest BCUT2D eigenvalue weighted by Crippen LogP contribution is -2.53. The van der Waals surface area contributed by atoms with Crippen molar-refractivity contribution in [2.24, 2.45) is 5.92 Å². The number of nitrogens with one attached hydrogen (secondary N) is 1. The molecule has 1 aliphatic rings. The topological polar surface area (TPSA) is 80.3 Å². The second kappa shape index (κ2) is 14.5. The van der Waals surface area contributed by atoms with E-state index in [0.29, 0.717) is 42.3 Å². The highest BCUT2D eigenvalue weighted by molar-refractivity contribution is 5.81. The molecular weight excluding hydrogens is 549 g/mol. The summed E-state index contributed by atoms with van der Waals surface area (Å²) in [6.07, 6.45) is -4.96. The van der Waals surface area contributed by atoms with Gasteiger partial charge in [0, 0.05) is 51.8 Å². The van der Waals surface area contributed by atoms with Gasteiger partial charge in [-0.15, -0.1) is 0 Å². The second-order valence-corrected chi connectivity index (χ2v) is 10.4. The van der Waals surface area contributed by atoms with Crippen molar-refractivity contribution in [3.8, 4) is 22.6 Å². The van der Waals surface area contributed by atoms with Crippen molar-refractivity contribution >= 4 is 5.91 Å². The maximum atomic E-state index is 13.9. The van der Waals surface area contributed by atoms with Gasteiger partial charge in [0.05, 0.1) is 25.7 Å². The molecule has 2 N–H and O–H groups in total. The van der Waals surface area contributed by atoms with Crippen molar-refractivity contribution in [3.63, 3.8) is 0 Å². The molecule has 0 saturated carbocycles. The van der Waals surface area contributed by atoms with Crippen LogP contribution in [-0.4, -0.2) is 75.3 Å². The van der Waals surface area contributed by atoms with Crippen molar-refractivity contribution in [2.75, 3.05) is 47.1 Å². The van der Waals surface area contributed by atoms with E-state index < -0.39 is 36.6 Å². The van der Waals surface area contributed by atoms with Gasteiger partial charge in [0.1, 0.15) is 18.0 Å². The monoisotopic (exact) mass is 586 g/mol. The first-order chi connectivity index (χ1) is 20.2. The van der Waals surface area contributed by atoms with E-state index in [-0.39, 0.29) is 19.6 Å². The Hall–Kier alpha value is -3.60. The summed E-state index contributed by atoms with van der Waals surface area (Å²) in [6.45, 7) is -0.536. The van der Waals surface area contributed by atoms with Gasteiger partial charge in [-0.2, -0.15) is 13.2 Å². The lowest BCUT2D eigenvalue weighted by molar-refractivity contribution is -0.166. The summed E-state index contributed by atoms with van der Waals surface area (Å²) in [4.78, 5) is 14.8. The zero-order valence-corrected chi connectivity index (χ0v) is 23.8. The quantitative estimate of drug-likeness (QED) is 0.290. The van der Waals surface area contributed by atoms with Crippen LogP contribution in [0.3, 0.4) is 0 Å². The third-order valence-electron chi connectivity index (χ3n) is 7.25. The second-order valence-electron chi connectivity index (χ2n) is 10.4. The number of carbonyl (C=O) groups is 1. The fourth-order valence-electron chi connectivity index (χ4n) is 5.36. The van der Waals surface area contributed by atoms with Gasteiger partial charge >= 0.3 is 6.18 Å². The number of alkyl halides is 3. The number of benzene rings is 3. The number of aliphatic hydroxyl groups excluding tert-OH is 1. The average molecular weight is 587 g/mol. The summed E-state index contributed by atoms with van der Waals surface area (Å²) in [7, 11) is 3.04. The zero-order chi connectivity index (χ0) is 30.1. The average Bonchev–Trinajstić information content (AvgIpc) is 2.98. The van der Waals surface area contributed by atoms with E-state index in [1.165, 1.54) is 7.11 Å². The minimum absolute atomic E-state index is 0.135. The number of piperidine rings is 1. The standard InChI is InChI=1S/C32H37F3N2O5/c1-40-12-7-13-42-27-15-22(14-26(17-27)41-2)20-37(21-32(33,34)35)31(39)28-18-36-19-29(38)30(28)25-11-6-10-24(16-25)23-8-4-3-5-9-23/h3-6,8-11,14-17,28-30,36,38H,7,12-13,18-21H2,1-2H3/t28-,29+,30+/m0/s1. The number of ether oxygens (including phenoxy) is 3. The molecule has 0 aromatic heterocycles. The molecule has 0 bridgehead atoms. The number of hydrogen-bond acceptors (Lipinski definition) is 6. The van der Waals surface area contributed by atoms with Gasteiger partial charge in [-0.3, -0.25) is 4.79 Å². The molecule has 0 unspecified atom stereocenters. The van der Waals surface area contributed by atoms with E-state index in [1.54, 1.807) is 25.3 Å². The smallest absolute Gasteiger partial charge is 0.406 e. The molecule has 0 spiro atoms. The Balaban J connectivity index is 1.63. The van der Waals surface area contributed by atoms with Crippen LogP contribution in [0.25, 0.3) is 11.1 Å². The van der Waals surface area contributed by atoms with Crippen LogP contribution in [-0.2, 0) is 16.1 Å². The molecule has 1 amide bonds. The first-order valence-electron chi connectivity index (χ1n) is 13.9. The minimum atomic E-state index is -4.63. The van der Waals surface area contributed by atoms with Gasteiger partial charge < -0.3 is 29.5 Å². The number of carbonyl (C=O) groups excluding carboxylic acids is 1. The van der Waals surface area contributed by atoms with Gasteiger partial charge in [-0.05, 0) is 34.4 Å². The molecule has 10 heteroatoms. The number of hydrogen-bond donors (Lipinski definition) is 2. The summed E-state index contributed by atoms with van der Waals surface area (Å²) in [5.74, 6) is -1.48. The highest BCUT2D eigenvalue weighted by Gasteiger charge is 2.42. The third kappa shape index (κ3) is 8.47. The van der Waals surface area contributed by atoms with Crippen LogP contribution < -0.4 is 14.8 Å². The van der Waals surface area contributed by atoms with Gasteiger partial charge in [0.15, 0.2) is 0 Å².